The predicted molar refractivity (Wildman–Crippen MR) is 63.9 cm³/mol. The molecule has 0 bridgehead atoms. The first kappa shape index (κ1) is 13.5. The Morgan fingerprint density at radius 2 is 2.12 bits per heavy atom. The van der Waals surface area contributed by atoms with Gasteiger partial charge in [0.15, 0.2) is 0 Å². The third kappa shape index (κ3) is 5.47. The summed E-state index contributed by atoms with van der Waals surface area (Å²) in [5.74, 6) is 0.397. The molecule has 0 heterocycles. The second kappa shape index (κ2) is 6.86. The van der Waals surface area contributed by atoms with Gasteiger partial charge in [-0.3, -0.25) is 4.79 Å². The van der Waals surface area contributed by atoms with Crippen molar-refractivity contribution in [3.05, 3.63) is 0 Å². The molecule has 1 aliphatic carbocycles. The minimum absolute atomic E-state index is 0.0516. The number of nitrogens with one attached hydrogen (secondary N) is 1. The molecule has 0 aliphatic heterocycles. The summed E-state index contributed by atoms with van der Waals surface area (Å²) in [5.41, 5.74) is 5.09. The molecular weight excluding hydrogens is 204 g/mol. The van der Waals surface area contributed by atoms with Crippen LogP contribution in [0.2, 0.25) is 0 Å². The van der Waals surface area contributed by atoms with Crippen molar-refractivity contribution in [2.75, 3.05) is 6.54 Å². The highest BCUT2D eigenvalue weighted by Crippen LogP contribution is 2.28. The summed E-state index contributed by atoms with van der Waals surface area (Å²) in [5, 5.41) is 13.0. The molecule has 0 aromatic rings. The topological polar surface area (TPSA) is 75.4 Å². The molecule has 16 heavy (non-hydrogen) atoms. The lowest BCUT2D eigenvalue weighted by atomic mass is 10.00. The fourth-order valence-electron chi connectivity index (χ4n) is 2.43. The molecular formula is C12H24N2O2. The number of rotatable bonds is 7. The van der Waals surface area contributed by atoms with E-state index in [1.807, 2.05) is 6.92 Å². The Labute approximate surface area is 97.6 Å². The first-order valence-electron chi connectivity index (χ1n) is 6.27. The summed E-state index contributed by atoms with van der Waals surface area (Å²) < 4.78 is 0. The average Bonchev–Trinajstić information content (AvgIpc) is 2.66. The third-order valence-corrected chi connectivity index (χ3v) is 3.29. The lowest BCUT2D eigenvalue weighted by molar-refractivity contribution is -0.118. The summed E-state index contributed by atoms with van der Waals surface area (Å²) in [6.45, 7) is 2.47. The summed E-state index contributed by atoms with van der Waals surface area (Å²) >= 11 is 0. The van der Waals surface area contributed by atoms with Crippen LogP contribution in [0, 0.1) is 5.92 Å². The molecule has 0 aromatic heterocycles. The van der Waals surface area contributed by atoms with Crippen LogP contribution in [0.1, 0.15) is 45.4 Å². The van der Waals surface area contributed by atoms with E-state index in [4.69, 9.17) is 5.73 Å². The minimum atomic E-state index is -0.301. The number of hydrogen-bond acceptors (Lipinski definition) is 3. The highest BCUT2D eigenvalue weighted by Gasteiger charge is 2.19. The molecule has 1 rings (SSSR count). The first-order valence-corrected chi connectivity index (χ1v) is 6.27. The number of amides is 1. The van der Waals surface area contributed by atoms with Gasteiger partial charge in [-0.1, -0.05) is 25.7 Å². The van der Waals surface area contributed by atoms with Crippen LogP contribution in [0.3, 0.4) is 0 Å². The number of carbonyl (C=O) groups is 1. The van der Waals surface area contributed by atoms with E-state index in [2.05, 4.69) is 5.32 Å². The molecule has 0 radical (unpaired) electrons. The quantitative estimate of drug-likeness (QED) is 0.603. The van der Waals surface area contributed by atoms with Crippen molar-refractivity contribution in [2.45, 2.75) is 57.6 Å². The van der Waals surface area contributed by atoms with Gasteiger partial charge in [0.2, 0.25) is 5.91 Å². The zero-order valence-corrected chi connectivity index (χ0v) is 10.1. The zero-order chi connectivity index (χ0) is 12.0. The third-order valence-electron chi connectivity index (χ3n) is 3.29. The van der Waals surface area contributed by atoms with Crippen molar-refractivity contribution in [1.29, 1.82) is 0 Å². The van der Waals surface area contributed by atoms with Gasteiger partial charge >= 0.3 is 0 Å². The van der Waals surface area contributed by atoms with E-state index >= 15 is 0 Å². The smallest absolute Gasteiger partial charge is 0.218 e. The summed E-state index contributed by atoms with van der Waals surface area (Å²) in [6.07, 6.45) is 6.05. The van der Waals surface area contributed by atoms with Crippen molar-refractivity contribution in [3.8, 4) is 0 Å². The number of hydrogen-bond donors (Lipinski definition) is 3. The normalized spacial score (nSPS) is 20.9. The second-order valence-electron chi connectivity index (χ2n) is 5.02. The Morgan fingerprint density at radius 3 is 2.69 bits per heavy atom. The van der Waals surface area contributed by atoms with E-state index in [0.717, 1.165) is 6.42 Å². The van der Waals surface area contributed by atoms with E-state index in [1.165, 1.54) is 25.7 Å². The monoisotopic (exact) mass is 228 g/mol. The van der Waals surface area contributed by atoms with Crippen molar-refractivity contribution in [1.82, 2.24) is 5.32 Å². The largest absolute Gasteiger partial charge is 0.392 e. The number of aliphatic hydroxyl groups is 1. The molecule has 0 spiro atoms. The molecule has 1 aliphatic rings. The number of primary amides is 1. The standard InChI is InChI=1S/C12H24N2O2/c1-9(6-12(13)16)14-8-11(15)7-10-4-2-3-5-10/h9-11,14-15H,2-8H2,1H3,(H2,13,16). The highest BCUT2D eigenvalue weighted by atomic mass is 16.3. The van der Waals surface area contributed by atoms with Crippen LogP contribution in [-0.2, 0) is 4.79 Å². The molecule has 4 nitrogen and oxygen atoms in total. The second-order valence-corrected chi connectivity index (χ2v) is 5.02. The van der Waals surface area contributed by atoms with Crippen molar-refractivity contribution in [2.24, 2.45) is 11.7 Å². The summed E-state index contributed by atoms with van der Waals surface area (Å²) in [4.78, 5) is 10.7. The van der Waals surface area contributed by atoms with Crippen molar-refractivity contribution in [3.63, 3.8) is 0 Å². The molecule has 1 saturated carbocycles. The van der Waals surface area contributed by atoms with Crippen LogP contribution in [0.5, 0.6) is 0 Å². The Hall–Kier alpha value is -0.610. The molecule has 1 fully saturated rings. The van der Waals surface area contributed by atoms with E-state index in [0.29, 0.717) is 18.9 Å². The van der Waals surface area contributed by atoms with Crippen molar-refractivity contribution >= 4 is 5.91 Å². The van der Waals surface area contributed by atoms with Gasteiger partial charge in [-0.25, -0.2) is 0 Å². The molecule has 2 atom stereocenters. The SMILES string of the molecule is CC(CC(N)=O)NCC(O)CC1CCCC1. The summed E-state index contributed by atoms with van der Waals surface area (Å²) in [6, 6.07) is 0.0516. The number of carbonyl (C=O) groups excluding carboxylic acids is 1. The van der Waals surface area contributed by atoms with Gasteiger partial charge in [0.25, 0.3) is 0 Å². The summed E-state index contributed by atoms with van der Waals surface area (Å²) in [7, 11) is 0. The maximum Gasteiger partial charge on any atom is 0.218 e. The predicted octanol–water partition coefficient (Wildman–Crippen LogP) is 0.781. The van der Waals surface area contributed by atoms with Gasteiger partial charge in [-0.15, -0.1) is 0 Å². The number of aliphatic hydroxyl groups excluding tert-OH is 1. The lowest BCUT2D eigenvalue weighted by Crippen LogP contribution is -2.36. The van der Waals surface area contributed by atoms with Gasteiger partial charge < -0.3 is 16.2 Å². The van der Waals surface area contributed by atoms with E-state index in [1.54, 1.807) is 0 Å². The van der Waals surface area contributed by atoms with Crippen LogP contribution >= 0.6 is 0 Å². The van der Waals surface area contributed by atoms with Crippen LogP contribution < -0.4 is 11.1 Å². The van der Waals surface area contributed by atoms with Crippen LogP contribution in [0.25, 0.3) is 0 Å². The fourth-order valence-corrected chi connectivity index (χ4v) is 2.43. The maximum absolute atomic E-state index is 10.7. The molecule has 0 saturated heterocycles. The molecule has 4 heteroatoms. The maximum atomic E-state index is 10.7. The van der Waals surface area contributed by atoms with Gasteiger partial charge in [-0.2, -0.15) is 0 Å². The first-order chi connectivity index (χ1) is 7.58. The zero-order valence-electron chi connectivity index (χ0n) is 10.1. The van der Waals surface area contributed by atoms with Crippen LogP contribution in [0.15, 0.2) is 0 Å². The average molecular weight is 228 g/mol. The fraction of sp³-hybridized carbons (Fsp3) is 0.917. The Kier molecular flexibility index (Phi) is 5.77. The minimum Gasteiger partial charge on any atom is -0.392 e. The Morgan fingerprint density at radius 1 is 1.50 bits per heavy atom. The highest BCUT2D eigenvalue weighted by molar-refractivity contribution is 5.74. The van der Waals surface area contributed by atoms with Crippen LogP contribution in [0.4, 0.5) is 0 Å². The van der Waals surface area contributed by atoms with E-state index in [9.17, 15) is 9.90 Å². The number of nitrogens with two attached hydrogens (primary N) is 1. The van der Waals surface area contributed by atoms with E-state index in [-0.39, 0.29) is 18.1 Å². The Bertz CT molecular complexity index is 215. The van der Waals surface area contributed by atoms with Gasteiger partial charge in [0.1, 0.15) is 0 Å². The molecule has 1 amide bonds. The molecule has 0 aromatic carbocycles. The molecule has 94 valence electrons. The lowest BCUT2D eigenvalue weighted by Gasteiger charge is -2.18. The van der Waals surface area contributed by atoms with Gasteiger partial charge in [0, 0.05) is 19.0 Å². The molecule has 4 N–H and O–H groups in total. The molecule has 2 unspecified atom stereocenters. The Balaban J connectivity index is 2.08. The van der Waals surface area contributed by atoms with E-state index < -0.39 is 0 Å². The van der Waals surface area contributed by atoms with Crippen LogP contribution in [-0.4, -0.2) is 29.7 Å². The van der Waals surface area contributed by atoms with Gasteiger partial charge in [-0.05, 0) is 19.3 Å². The van der Waals surface area contributed by atoms with Crippen molar-refractivity contribution < 1.29 is 9.90 Å². The van der Waals surface area contributed by atoms with Gasteiger partial charge in [0.05, 0.1) is 6.10 Å².